The van der Waals surface area contributed by atoms with Gasteiger partial charge in [0.25, 0.3) is 0 Å². The predicted molar refractivity (Wildman–Crippen MR) is 93.3 cm³/mol. The Morgan fingerprint density at radius 3 is 2.83 bits per heavy atom. The van der Waals surface area contributed by atoms with Gasteiger partial charge in [0, 0.05) is 12.3 Å². The van der Waals surface area contributed by atoms with Gasteiger partial charge in [-0.3, -0.25) is 4.79 Å². The van der Waals surface area contributed by atoms with Crippen LogP contribution in [0.15, 0.2) is 11.6 Å². The van der Waals surface area contributed by atoms with E-state index in [1.807, 2.05) is 0 Å². The number of fused-ring (bicyclic) bond motifs is 5. The molecule has 3 saturated carbocycles. The number of hydrogen-bond donors (Lipinski definition) is 1. The molecule has 6 atom stereocenters. The van der Waals surface area contributed by atoms with Crippen molar-refractivity contribution in [1.82, 2.24) is 0 Å². The van der Waals surface area contributed by atoms with Crippen LogP contribution in [0.25, 0.3) is 0 Å². The Morgan fingerprint density at radius 2 is 2.04 bits per heavy atom. The summed E-state index contributed by atoms with van der Waals surface area (Å²) in [7, 11) is 0. The van der Waals surface area contributed by atoms with E-state index in [2.05, 4.69) is 13.0 Å². The number of aliphatic hydroxyl groups is 1. The zero-order chi connectivity index (χ0) is 16.9. The van der Waals surface area contributed by atoms with Gasteiger partial charge < -0.3 is 9.84 Å². The van der Waals surface area contributed by atoms with Gasteiger partial charge in [-0.15, -0.1) is 0 Å². The van der Waals surface area contributed by atoms with Gasteiger partial charge in [0.15, 0.2) is 0 Å². The summed E-state index contributed by atoms with van der Waals surface area (Å²) < 4.78 is 5.50. The molecule has 0 aliphatic heterocycles. The molecule has 0 radical (unpaired) electrons. The van der Waals surface area contributed by atoms with Crippen LogP contribution in [-0.4, -0.2) is 23.8 Å². The molecule has 0 aromatic carbocycles. The lowest BCUT2D eigenvalue weighted by Gasteiger charge is -2.58. The number of carbonyl (C=O) groups is 1. The van der Waals surface area contributed by atoms with Crippen LogP contribution in [0, 0.1) is 28.6 Å². The van der Waals surface area contributed by atoms with Gasteiger partial charge in [0.05, 0.1) is 12.7 Å². The van der Waals surface area contributed by atoms with Gasteiger partial charge in [-0.05, 0) is 68.1 Å². The summed E-state index contributed by atoms with van der Waals surface area (Å²) in [6, 6.07) is 0. The molecule has 0 heterocycles. The Kier molecular flexibility index (Phi) is 4.06. The lowest BCUT2D eigenvalue weighted by Crippen LogP contribution is -2.54. The molecule has 0 aromatic rings. The number of ether oxygens (including phenoxy) is 1. The van der Waals surface area contributed by atoms with E-state index in [4.69, 9.17) is 4.74 Å². The quantitative estimate of drug-likeness (QED) is 0.607. The SMILES string of the molecule is CC(=O)OC[C@@]12CCC[C@H]1[C@@H]1[C@@H](O)C=C3CCCC[C@]3(C)[C@H]1CC2. The molecule has 4 rings (SSSR count). The van der Waals surface area contributed by atoms with E-state index in [1.54, 1.807) is 0 Å². The third kappa shape index (κ3) is 2.38. The van der Waals surface area contributed by atoms with Crippen LogP contribution in [0.4, 0.5) is 0 Å². The van der Waals surface area contributed by atoms with Crippen LogP contribution in [0.3, 0.4) is 0 Å². The number of carbonyl (C=O) groups excluding carboxylic acids is 1. The molecule has 3 fully saturated rings. The second kappa shape index (κ2) is 5.86. The lowest BCUT2D eigenvalue weighted by atomic mass is 9.47. The van der Waals surface area contributed by atoms with Gasteiger partial charge in [-0.2, -0.15) is 0 Å². The highest BCUT2D eigenvalue weighted by atomic mass is 16.5. The van der Waals surface area contributed by atoms with Gasteiger partial charge in [-0.1, -0.05) is 31.4 Å². The highest BCUT2D eigenvalue weighted by molar-refractivity contribution is 5.65. The fraction of sp³-hybridized carbons (Fsp3) is 0.857. The second-order valence-corrected chi connectivity index (χ2v) is 9.17. The summed E-state index contributed by atoms with van der Waals surface area (Å²) >= 11 is 0. The molecule has 3 nitrogen and oxygen atoms in total. The monoisotopic (exact) mass is 332 g/mol. The number of esters is 1. The summed E-state index contributed by atoms with van der Waals surface area (Å²) in [5.74, 6) is 1.33. The molecule has 0 saturated heterocycles. The molecule has 4 aliphatic rings. The molecule has 24 heavy (non-hydrogen) atoms. The first-order chi connectivity index (χ1) is 11.5. The van der Waals surface area contributed by atoms with E-state index in [0.717, 1.165) is 6.42 Å². The van der Waals surface area contributed by atoms with Gasteiger partial charge in [0.2, 0.25) is 0 Å². The molecular weight excluding hydrogens is 300 g/mol. The van der Waals surface area contributed by atoms with Gasteiger partial charge >= 0.3 is 5.97 Å². The molecule has 0 bridgehead atoms. The van der Waals surface area contributed by atoms with Crippen molar-refractivity contribution in [2.75, 3.05) is 6.61 Å². The number of hydrogen-bond acceptors (Lipinski definition) is 3. The highest BCUT2D eigenvalue weighted by Gasteiger charge is 2.59. The minimum Gasteiger partial charge on any atom is -0.465 e. The maximum atomic E-state index is 11.4. The Labute approximate surface area is 145 Å². The number of aliphatic hydroxyl groups excluding tert-OH is 1. The van der Waals surface area contributed by atoms with Crippen LogP contribution in [-0.2, 0) is 9.53 Å². The largest absolute Gasteiger partial charge is 0.465 e. The molecule has 1 N–H and O–H groups in total. The van der Waals surface area contributed by atoms with E-state index in [9.17, 15) is 9.90 Å². The first kappa shape index (κ1) is 16.6. The van der Waals surface area contributed by atoms with Crippen LogP contribution in [0.5, 0.6) is 0 Å². The Hall–Kier alpha value is -0.830. The van der Waals surface area contributed by atoms with Crippen molar-refractivity contribution >= 4 is 5.97 Å². The van der Waals surface area contributed by atoms with Crippen molar-refractivity contribution in [3.8, 4) is 0 Å². The van der Waals surface area contributed by atoms with Crippen molar-refractivity contribution < 1.29 is 14.6 Å². The maximum absolute atomic E-state index is 11.4. The molecule has 0 amide bonds. The average molecular weight is 332 g/mol. The predicted octanol–water partition coefficient (Wildman–Crippen LogP) is 4.24. The van der Waals surface area contributed by atoms with Crippen molar-refractivity contribution in [3.63, 3.8) is 0 Å². The van der Waals surface area contributed by atoms with Crippen molar-refractivity contribution in [1.29, 1.82) is 0 Å². The average Bonchev–Trinajstić information content (AvgIpc) is 2.98. The first-order valence-electron chi connectivity index (χ1n) is 9.99. The van der Waals surface area contributed by atoms with Crippen LogP contribution in [0.2, 0.25) is 0 Å². The van der Waals surface area contributed by atoms with E-state index < -0.39 is 0 Å². The highest BCUT2D eigenvalue weighted by Crippen LogP contribution is 2.64. The number of allylic oxidation sites excluding steroid dienone is 1. The normalized spacial score (nSPS) is 47.2. The summed E-state index contributed by atoms with van der Waals surface area (Å²) in [6.45, 7) is 4.55. The minimum absolute atomic E-state index is 0.129. The zero-order valence-corrected chi connectivity index (χ0v) is 15.2. The molecule has 0 spiro atoms. The van der Waals surface area contributed by atoms with Gasteiger partial charge in [0.1, 0.15) is 0 Å². The second-order valence-electron chi connectivity index (χ2n) is 9.17. The van der Waals surface area contributed by atoms with Crippen LogP contribution < -0.4 is 0 Å². The standard InChI is InChI=1S/C21H32O3/c1-14(22)24-13-21-10-5-7-17(21)19-16(8-11-21)20(2)9-4-3-6-15(20)12-18(19)23/h12,16-19,23H,3-11,13H2,1-2H3/t16-,17-,18-,19+,20-,21-/m0/s1. The van der Waals surface area contributed by atoms with Crippen LogP contribution in [0.1, 0.15) is 71.6 Å². The molecule has 4 aliphatic carbocycles. The first-order valence-corrected chi connectivity index (χ1v) is 9.99. The Bertz CT molecular complexity index is 553. The summed E-state index contributed by atoms with van der Waals surface area (Å²) in [5.41, 5.74) is 1.97. The third-order valence-corrected chi connectivity index (χ3v) is 8.13. The minimum atomic E-state index is -0.295. The smallest absolute Gasteiger partial charge is 0.302 e. The fourth-order valence-electron chi connectivity index (χ4n) is 6.98. The molecule has 0 aromatic heterocycles. The van der Waals surface area contributed by atoms with E-state index in [-0.39, 0.29) is 17.5 Å². The fourth-order valence-corrected chi connectivity index (χ4v) is 6.98. The molecule has 134 valence electrons. The molecular formula is C21H32O3. The van der Waals surface area contributed by atoms with E-state index >= 15 is 0 Å². The molecule has 3 heteroatoms. The zero-order valence-electron chi connectivity index (χ0n) is 15.2. The molecule has 0 unspecified atom stereocenters. The van der Waals surface area contributed by atoms with Gasteiger partial charge in [-0.25, -0.2) is 0 Å². The van der Waals surface area contributed by atoms with Crippen molar-refractivity contribution in [2.45, 2.75) is 77.7 Å². The summed E-state index contributed by atoms with van der Waals surface area (Å²) in [5, 5.41) is 11.0. The topological polar surface area (TPSA) is 46.5 Å². The Balaban J connectivity index is 1.66. The Morgan fingerprint density at radius 1 is 1.21 bits per heavy atom. The van der Waals surface area contributed by atoms with Crippen molar-refractivity contribution in [3.05, 3.63) is 11.6 Å². The third-order valence-electron chi connectivity index (χ3n) is 8.13. The lowest BCUT2D eigenvalue weighted by molar-refractivity contribution is -0.152. The van der Waals surface area contributed by atoms with Crippen molar-refractivity contribution in [2.24, 2.45) is 28.6 Å². The maximum Gasteiger partial charge on any atom is 0.302 e. The summed E-state index contributed by atoms with van der Waals surface area (Å²) in [4.78, 5) is 11.4. The number of rotatable bonds is 2. The van der Waals surface area contributed by atoms with Crippen LogP contribution >= 0.6 is 0 Å². The van der Waals surface area contributed by atoms with E-state index in [1.165, 1.54) is 63.9 Å². The van der Waals surface area contributed by atoms with E-state index in [0.29, 0.717) is 29.8 Å². The summed E-state index contributed by atoms with van der Waals surface area (Å²) in [6.07, 6.45) is 12.9.